The molecule has 4 rings (SSSR count). The Morgan fingerprint density at radius 3 is 2.41 bits per heavy atom. The smallest absolute Gasteiger partial charge is 0.301 e. The second-order valence-electron chi connectivity index (χ2n) is 6.63. The van der Waals surface area contributed by atoms with Gasteiger partial charge in [0, 0.05) is 21.7 Å². The average molecular weight is 499 g/mol. The number of hydrogen-bond donors (Lipinski definition) is 1. The first-order valence-corrected chi connectivity index (χ1v) is 10.1. The number of hydrogen-bond acceptors (Lipinski definition) is 8. The predicted molar refractivity (Wildman–Crippen MR) is 121 cm³/mol. The molecule has 0 saturated heterocycles. The van der Waals surface area contributed by atoms with Crippen LogP contribution in [0.15, 0.2) is 70.2 Å². The molecule has 3 aromatic carbocycles. The van der Waals surface area contributed by atoms with Crippen LogP contribution in [0, 0.1) is 20.2 Å². The Hall–Kier alpha value is -3.99. The Balaban J connectivity index is 1.79. The quantitative estimate of drug-likeness (QED) is 0.290. The average Bonchev–Trinajstić information content (AvgIpc) is 2.80. The number of hydrazone groups is 1. The standard InChI is InChI=1S/C21H15BrN4O6/c22-16-4-2-1-3-15(16)21(13-5-8-19-20(11-13)32-10-9-31-19)24-23-17-7-6-14(25(27)28)12-18(17)26(29)30/h1-8,11-12,23H,9-10H2/b24-21+. The van der Waals surface area contributed by atoms with Gasteiger partial charge in [0.15, 0.2) is 11.5 Å². The summed E-state index contributed by atoms with van der Waals surface area (Å²) in [6.07, 6.45) is 0. The van der Waals surface area contributed by atoms with E-state index in [2.05, 4.69) is 26.5 Å². The lowest BCUT2D eigenvalue weighted by Gasteiger charge is -2.19. The molecule has 1 aliphatic rings. The van der Waals surface area contributed by atoms with E-state index in [4.69, 9.17) is 9.47 Å². The molecule has 0 aliphatic carbocycles. The highest BCUT2D eigenvalue weighted by Crippen LogP contribution is 2.33. The van der Waals surface area contributed by atoms with E-state index in [1.165, 1.54) is 12.1 Å². The summed E-state index contributed by atoms with van der Waals surface area (Å²) in [5, 5.41) is 26.9. The highest BCUT2D eigenvalue weighted by Gasteiger charge is 2.21. The van der Waals surface area contributed by atoms with Crippen molar-refractivity contribution >= 4 is 38.7 Å². The summed E-state index contributed by atoms with van der Waals surface area (Å²) < 4.78 is 12.0. The molecule has 0 atom stereocenters. The van der Waals surface area contributed by atoms with Crippen molar-refractivity contribution in [2.45, 2.75) is 0 Å². The SMILES string of the molecule is O=[N+]([O-])c1ccc(N/N=C(\c2ccc3c(c2)OCCO3)c2ccccc2Br)c([N+](=O)[O-])c1. The first kappa shape index (κ1) is 21.2. The van der Waals surface area contributed by atoms with E-state index in [0.717, 1.165) is 16.1 Å². The highest BCUT2D eigenvalue weighted by molar-refractivity contribution is 9.10. The number of benzene rings is 3. The lowest BCUT2D eigenvalue weighted by molar-refractivity contribution is -0.393. The van der Waals surface area contributed by atoms with Crippen LogP contribution >= 0.6 is 15.9 Å². The monoisotopic (exact) mass is 498 g/mol. The third-order valence-electron chi connectivity index (χ3n) is 4.62. The van der Waals surface area contributed by atoms with Gasteiger partial charge in [0.25, 0.3) is 5.69 Å². The minimum absolute atomic E-state index is 0.0164. The van der Waals surface area contributed by atoms with E-state index in [1.54, 1.807) is 18.2 Å². The molecular weight excluding hydrogens is 484 g/mol. The third kappa shape index (κ3) is 4.37. The van der Waals surface area contributed by atoms with Crippen LogP contribution in [0.5, 0.6) is 11.5 Å². The Bertz CT molecular complexity index is 1250. The fourth-order valence-electron chi connectivity index (χ4n) is 3.12. The molecule has 1 aliphatic heterocycles. The lowest BCUT2D eigenvalue weighted by Crippen LogP contribution is -2.16. The molecule has 11 heteroatoms. The number of nitrogens with one attached hydrogen (secondary N) is 1. The van der Waals surface area contributed by atoms with Crippen LogP contribution in [0.1, 0.15) is 11.1 Å². The second kappa shape index (κ2) is 9.02. The van der Waals surface area contributed by atoms with Crippen LogP contribution in [-0.2, 0) is 0 Å². The number of nitro benzene ring substituents is 2. The van der Waals surface area contributed by atoms with Gasteiger partial charge in [-0.3, -0.25) is 25.7 Å². The molecule has 0 fully saturated rings. The molecule has 0 spiro atoms. The van der Waals surface area contributed by atoms with Gasteiger partial charge in [-0.15, -0.1) is 0 Å². The van der Waals surface area contributed by atoms with E-state index < -0.39 is 15.5 Å². The van der Waals surface area contributed by atoms with Gasteiger partial charge >= 0.3 is 5.69 Å². The van der Waals surface area contributed by atoms with Crippen molar-refractivity contribution in [1.82, 2.24) is 0 Å². The van der Waals surface area contributed by atoms with E-state index in [9.17, 15) is 20.2 Å². The molecule has 1 N–H and O–H groups in total. The maximum atomic E-state index is 11.5. The highest BCUT2D eigenvalue weighted by atomic mass is 79.9. The number of halogens is 1. The topological polar surface area (TPSA) is 129 Å². The summed E-state index contributed by atoms with van der Waals surface area (Å²) in [6, 6.07) is 16.0. The molecule has 0 bridgehead atoms. The Morgan fingerprint density at radius 2 is 1.69 bits per heavy atom. The van der Waals surface area contributed by atoms with E-state index in [1.807, 2.05) is 24.3 Å². The van der Waals surface area contributed by atoms with Crippen molar-refractivity contribution in [2.24, 2.45) is 5.10 Å². The summed E-state index contributed by atoms with van der Waals surface area (Å²) >= 11 is 3.51. The molecule has 0 amide bonds. The van der Waals surface area contributed by atoms with E-state index >= 15 is 0 Å². The molecule has 0 aromatic heterocycles. The second-order valence-corrected chi connectivity index (χ2v) is 7.48. The molecular formula is C21H15BrN4O6. The van der Waals surface area contributed by atoms with Crippen molar-refractivity contribution in [3.63, 3.8) is 0 Å². The first-order valence-electron chi connectivity index (χ1n) is 9.35. The fraction of sp³-hybridized carbons (Fsp3) is 0.0952. The van der Waals surface area contributed by atoms with Crippen LogP contribution in [0.25, 0.3) is 0 Å². The van der Waals surface area contributed by atoms with Crippen molar-refractivity contribution < 1.29 is 19.3 Å². The van der Waals surface area contributed by atoms with Crippen LogP contribution in [-0.4, -0.2) is 28.8 Å². The zero-order valence-electron chi connectivity index (χ0n) is 16.4. The van der Waals surface area contributed by atoms with Gasteiger partial charge in [-0.1, -0.05) is 34.1 Å². The number of fused-ring (bicyclic) bond motifs is 1. The first-order chi connectivity index (χ1) is 15.4. The normalized spacial score (nSPS) is 12.8. The van der Waals surface area contributed by atoms with Gasteiger partial charge in [0.2, 0.25) is 0 Å². The summed E-state index contributed by atoms with van der Waals surface area (Å²) in [4.78, 5) is 21.0. The van der Waals surface area contributed by atoms with Gasteiger partial charge in [0.1, 0.15) is 18.9 Å². The molecule has 0 unspecified atom stereocenters. The maximum Gasteiger partial charge on any atom is 0.301 e. The van der Waals surface area contributed by atoms with Crippen molar-refractivity contribution in [1.29, 1.82) is 0 Å². The third-order valence-corrected chi connectivity index (χ3v) is 5.31. The summed E-state index contributed by atoms with van der Waals surface area (Å²) in [7, 11) is 0. The van der Waals surface area contributed by atoms with Gasteiger partial charge in [0.05, 0.1) is 21.6 Å². The number of anilines is 1. The number of rotatable bonds is 6. The molecule has 0 radical (unpaired) electrons. The van der Waals surface area contributed by atoms with Gasteiger partial charge in [-0.2, -0.15) is 5.10 Å². The Kier molecular flexibility index (Phi) is 5.99. The minimum Gasteiger partial charge on any atom is -0.486 e. The summed E-state index contributed by atoms with van der Waals surface area (Å²) in [5.74, 6) is 1.18. The Labute approximate surface area is 189 Å². The lowest BCUT2D eigenvalue weighted by atomic mass is 10.0. The zero-order chi connectivity index (χ0) is 22.7. The number of nitro groups is 2. The maximum absolute atomic E-state index is 11.5. The van der Waals surface area contributed by atoms with Crippen molar-refractivity contribution in [2.75, 3.05) is 18.6 Å². The van der Waals surface area contributed by atoms with E-state index in [0.29, 0.717) is 36.0 Å². The van der Waals surface area contributed by atoms with Crippen molar-refractivity contribution in [3.8, 4) is 11.5 Å². The zero-order valence-corrected chi connectivity index (χ0v) is 17.9. The molecule has 162 valence electrons. The Morgan fingerprint density at radius 1 is 0.938 bits per heavy atom. The predicted octanol–water partition coefficient (Wildman–Crippen LogP) is 4.90. The van der Waals surface area contributed by atoms with Crippen LogP contribution in [0.2, 0.25) is 0 Å². The number of ether oxygens (including phenoxy) is 2. The van der Waals surface area contributed by atoms with Crippen molar-refractivity contribution in [3.05, 3.63) is 96.5 Å². The van der Waals surface area contributed by atoms with Gasteiger partial charge in [-0.25, -0.2) is 0 Å². The molecule has 32 heavy (non-hydrogen) atoms. The fourth-order valence-corrected chi connectivity index (χ4v) is 3.59. The van der Waals surface area contributed by atoms with Crippen LogP contribution in [0.3, 0.4) is 0 Å². The summed E-state index contributed by atoms with van der Waals surface area (Å²) in [6.45, 7) is 0.883. The molecule has 10 nitrogen and oxygen atoms in total. The number of nitrogens with zero attached hydrogens (tertiary/aromatic N) is 3. The molecule has 1 heterocycles. The van der Waals surface area contributed by atoms with Crippen LogP contribution < -0.4 is 14.9 Å². The van der Waals surface area contributed by atoms with Gasteiger partial charge < -0.3 is 9.47 Å². The van der Waals surface area contributed by atoms with Crippen LogP contribution in [0.4, 0.5) is 17.1 Å². The largest absolute Gasteiger partial charge is 0.486 e. The summed E-state index contributed by atoms with van der Waals surface area (Å²) in [5.41, 5.74) is 3.74. The van der Waals surface area contributed by atoms with E-state index in [-0.39, 0.29) is 11.4 Å². The molecule has 0 saturated carbocycles. The minimum atomic E-state index is -0.701. The number of non-ortho nitro benzene ring substituents is 1. The molecule has 3 aromatic rings. The van der Waals surface area contributed by atoms with Gasteiger partial charge in [-0.05, 0) is 30.3 Å².